The van der Waals surface area contributed by atoms with Gasteiger partial charge in [0, 0.05) is 35.5 Å². The molecule has 0 atom stereocenters. The van der Waals surface area contributed by atoms with Gasteiger partial charge in [0.05, 0.1) is 18.2 Å². The van der Waals surface area contributed by atoms with Crippen LogP contribution in [0.4, 0.5) is 5.69 Å². The van der Waals surface area contributed by atoms with Gasteiger partial charge in [-0.2, -0.15) is 0 Å². The van der Waals surface area contributed by atoms with Crippen molar-refractivity contribution < 1.29 is 0 Å². The van der Waals surface area contributed by atoms with Crippen LogP contribution in [0.15, 0.2) is 35.5 Å². The van der Waals surface area contributed by atoms with E-state index in [9.17, 15) is 0 Å². The van der Waals surface area contributed by atoms with Crippen molar-refractivity contribution in [1.82, 2.24) is 15.0 Å². The second-order valence-corrected chi connectivity index (χ2v) is 4.06. The zero-order valence-corrected chi connectivity index (χ0v) is 9.66. The van der Waals surface area contributed by atoms with E-state index in [1.165, 1.54) is 0 Å². The highest BCUT2D eigenvalue weighted by atomic mass is 79.9. The first-order chi connectivity index (χ1) is 7.34. The van der Waals surface area contributed by atoms with Gasteiger partial charge in [0.15, 0.2) is 0 Å². The van der Waals surface area contributed by atoms with E-state index < -0.39 is 0 Å². The fraction of sp³-hybridized carbons (Fsp3) is 0.200. The minimum absolute atomic E-state index is 0.861. The molecule has 0 unspecified atom stereocenters. The first-order valence-electron chi connectivity index (χ1n) is 4.66. The third-order valence-electron chi connectivity index (χ3n) is 1.98. The third kappa shape index (κ3) is 3.06. The lowest BCUT2D eigenvalue weighted by Crippen LogP contribution is -2.05. The molecule has 0 spiro atoms. The zero-order valence-electron chi connectivity index (χ0n) is 8.07. The normalized spacial score (nSPS) is 10.2. The maximum Gasteiger partial charge on any atom is 0.0921 e. The van der Waals surface area contributed by atoms with Crippen molar-refractivity contribution in [3.05, 3.63) is 41.2 Å². The van der Waals surface area contributed by atoms with E-state index in [2.05, 4.69) is 36.2 Å². The van der Waals surface area contributed by atoms with Gasteiger partial charge in [-0.1, -0.05) is 0 Å². The number of hydrogen-bond donors (Lipinski definition) is 2. The average molecular weight is 267 g/mol. The van der Waals surface area contributed by atoms with E-state index in [0.29, 0.717) is 0 Å². The molecule has 2 heterocycles. The largest absolute Gasteiger partial charge is 0.383 e. The number of imidazole rings is 1. The van der Waals surface area contributed by atoms with Crippen LogP contribution in [0.2, 0.25) is 0 Å². The maximum atomic E-state index is 4.07. The van der Waals surface area contributed by atoms with Crippen molar-refractivity contribution in [1.29, 1.82) is 0 Å². The Morgan fingerprint density at radius 2 is 2.20 bits per heavy atom. The summed E-state index contributed by atoms with van der Waals surface area (Å²) in [6.07, 6.45) is 8.02. The zero-order chi connectivity index (χ0) is 10.5. The van der Waals surface area contributed by atoms with Crippen molar-refractivity contribution in [3.8, 4) is 0 Å². The summed E-state index contributed by atoms with van der Waals surface area (Å²) in [6, 6.07) is 2.00. The molecule has 2 aromatic rings. The number of pyridine rings is 1. The molecular formula is C10H11BrN4. The van der Waals surface area contributed by atoms with E-state index in [0.717, 1.165) is 28.8 Å². The van der Waals surface area contributed by atoms with Crippen LogP contribution in [0.3, 0.4) is 0 Å². The molecule has 2 aromatic heterocycles. The van der Waals surface area contributed by atoms with Gasteiger partial charge in [-0.15, -0.1) is 0 Å². The van der Waals surface area contributed by atoms with Crippen LogP contribution in [-0.4, -0.2) is 21.5 Å². The lowest BCUT2D eigenvalue weighted by Gasteiger charge is -2.04. The summed E-state index contributed by atoms with van der Waals surface area (Å²) >= 11 is 3.37. The minimum Gasteiger partial charge on any atom is -0.383 e. The minimum atomic E-state index is 0.861. The summed E-state index contributed by atoms with van der Waals surface area (Å²) in [6.45, 7) is 0.861. The molecule has 2 rings (SSSR count). The summed E-state index contributed by atoms with van der Waals surface area (Å²) in [7, 11) is 0. The quantitative estimate of drug-likeness (QED) is 0.893. The Morgan fingerprint density at radius 1 is 1.27 bits per heavy atom. The van der Waals surface area contributed by atoms with E-state index in [1.807, 2.05) is 12.3 Å². The molecular weight excluding hydrogens is 256 g/mol. The van der Waals surface area contributed by atoms with Crippen LogP contribution < -0.4 is 5.32 Å². The second kappa shape index (κ2) is 4.93. The van der Waals surface area contributed by atoms with Crippen molar-refractivity contribution in [3.63, 3.8) is 0 Å². The molecule has 0 aliphatic rings. The number of hydrogen-bond acceptors (Lipinski definition) is 3. The second-order valence-electron chi connectivity index (χ2n) is 3.15. The Morgan fingerprint density at radius 3 is 2.93 bits per heavy atom. The first kappa shape index (κ1) is 10.2. The Kier molecular flexibility index (Phi) is 3.34. The smallest absolute Gasteiger partial charge is 0.0921 e. The number of aromatic nitrogens is 3. The van der Waals surface area contributed by atoms with Crippen molar-refractivity contribution >= 4 is 21.6 Å². The number of rotatable bonds is 4. The van der Waals surface area contributed by atoms with Crippen LogP contribution in [-0.2, 0) is 6.42 Å². The van der Waals surface area contributed by atoms with Gasteiger partial charge in [0.2, 0.25) is 0 Å². The van der Waals surface area contributed by atoms with Crippen LogP contribution in [0, 0.1) is 0 Å². The Balaban J connectivity index is 1.83. The number of aromatic amines is 1. The van der Waals surface area contributed by atoms with Gasteiger partial charge in [-0.25, -0.2) is 4.98 Å². The number of nitrogens with one attached hydrogen (secondary N) is 2. The highest BCUT2D eigenvalue weighted by Gasteiger charge is 1.95. The molecule has 15 heavy (non-hydrogen) atoms. The fourth-order valence-corrected chi connectivity index (χ4v) is 1.64. The highest BCUT2D eigenvalue weighted by molar-refractivity contribution is 9.10. The molecule has 78 valence electrons. The standard InChI is InChI=1S/C10H11BrN4/c11-8-3-10(6-12-4-8)14-2-1-9-5-13-7-15-9/h3-7,14H,1-2H2,(H,13,15). The van der Waals surface area contributed by atoms with Crippen LogP contribution in [0.5, 0.6) is 0 Å². The molecule has 0 radical (unpaired) electrons. The molecule has 0 aliphatic carbocycles. The fourth-order valence-electron chi connectivity index (χ4n) is 1.27. The molecule has 2 N–H and O–H groups in total. The van der Waals surface area contributed by atoms with Gasteiger partial charge >= 0.3 is 0 Å². The molecule has 0 saturated heterocycles. The molecule has 4 nitrogen and oxygen atoms in total. The predicted octanol–water partition coefficient (Wildman–Crippen LogP) is 2.22. The predicted molar refractivity (Wildman–Crippen MR) is 62.7 cm³/mol. The molecule has 5 heteroatoms. The van der Waals surface area contributed by atoms with Crippen LogP contribution in [0.1, 0.15) is 5.69 Å². The molecule has 0 fully saturated rings. The lowest BCUT2D eigenvalue weighted by atomic mass is 10.3. The van der Waals surface area contributed by atoms with Gasteiger partial charge in [-0.05, 0) is 22.0 Å². The van der Waals surface area contributed by atoms with Gasteiger partial charge in [-0.3, -0.25) is 4.98 Å². The maximum absolute atomic E-state index is 4.07. The van der Waals surface area contributed by atoms with Crippen LogP contribution >= 0.6 is 15.9 Å². The third-order valence-corrected chi connectivity index (χ3v) is 2.42. The topological polar surface area (TPSA) is 53.6 Å². The first-order valence-corrected chi connectivity index (χ1v) is 5.45. The van der Waals surface area contributed by atoms with E-state index in [-0.39, 0.29) is 0 Å². The highest BCUT2D eigenvalue weighted by Crippen LogP contribution is 2.13. The van der Waals surface area contributed by atoms with Crippen molar-refractivity contribution in [2.24, 2.45) is 0 Å². The summed E-state index contributed by atoms with van der Waals surface area (Å²) in [5.41, 5.74) is 2.15. The monoisotopic (exact) mass is 266 g/mol. The number of H-pyrrole nitrogens is 1. The van der Waals surface area contributed by atoms with Crippen molar-refractivity contribution in [2.75, 3.05) is 11.9 Å². The molecule has 0 aromatic carbocycles. The summed E-state index contributed by atoms with van der Waals surface area (Å²) < 4.78 is 0.981. The lowest BCUT2D eigenvalue weighted by molar-refractivity contribution is 0.975. The SMILES string of the molecule is Brc1cncc(NCCc2cnc[nH]2)c1. The summed E-state index contributed by atoms with van der Waals surface area (Å²) in [5, 5.41) is 3.28. The summed E-state index contributed by atoms with van der Waals surface area (Å²) in [5.74, 6) is 0. The van der Waals surface area contributed by atoms with Gasteiger partial charge in [0.25, 0.3) is 0 Å². The molecule has 0 amide bonds. The average Bonchev–Trinajstić information content (AvgIpc) is 2.71. The number of anilines is 1. The number of halogens is 1. The molecule has 0 bridgehead atoms. The Hall–Kier alpha value is -1.36. The van der Waals surface area contributed by atoms with Crippen LogP contribution in [0.25, 0.3) is 0 Å². The van der Waals surface area contributed by atoms with Crippen molar-refractivity contribution in [2.45, 2.75) is 6.42 Å². The van der Waals surface area contributed by atoms with E-state index >= 15 is 0 Å². The summed E-state index contributed by atoms with van der Waals surface area (Å²) in [4.78, 5) is 11.1. The number of nitrogens with zero attached hydrogens (tertiary/aromatic N) is 2. The van der Waals surface area contributed by atoms with E-state index in [4.69, 9.17) is 0 Å². The molecule has 0 aliphatic heterocycles. The van der Waals surface area contributed by atoms with Gasteiger partial charge in [0.1, 0.15) is 0 Å². The molecule has 0 saturated carbocycles. The Bertz CT molecular complexity index is 413. The van der Waals surface area contributed by atoms with Gasteiger partial charge < -0.3 is 10.3 Å². The Labute approximate surface area is 96.3 Å². The van der Waals surface area contributed by atoms with E-state index in [1.54, 1.807) is 18.7 Å².